The third kappa shape index (κ3) is 4.41. The number of nitrogens with zero attached hydrogens (tertiary/aromatic N) is 2. The number of aliphatic hydroxyl groups is 1. The summed E-state index contributed by atoms with van der Waals surface area (Å²) in [5.41, 5.74) is 1.80. The number of amides is 1. The highest BCUT2D eigenvalue weighted by molar-refractivity contribution is 6.46. The van der Waals surface area contributed by atoms with Crippen LogP contribution in [0.3, 0.4) is 0 Å². The van der Waals surface area contributed by atoms with E-state index in [0.717, 1.165) is 5.69 Å². The normalized spacial score (nSPS) is 17.7. The zero-order valence-corrected chi connectivity index (χ0v) is 19.7. The van der Waals surface area contributed by atoms with Gasteiger partial charge in [-0.25, -0.2) is 0 Å². The van der Waals surface area contributed by atoms with Gasteiger partial charge in [-0.3, -0.25) is 9.59 Å². The fourth-order valence-electron chi connectivity index (χ4n) is 3.65. The number of likely N-dealkylation sites (tertiary alicyclic amines) is 1. The van der Waals surface area contributed by atoms with Crippen LogP contribution >= 0.6 is 23.2 Å². The Labute approximate surface area is 196 Å². The minimum atomic E-state index is -0.791. The van der Waals surface area contributed by atoms with Crippen LogP contribution in [0.4, 0.5) is 5.69 Å². The lowest BCUT2D eigenvalue weighted by Gasteiger charge is -2.25. The number of methoxy groups -OCH3 is 2. The topological polar surface area (TPSA) is 79.3 Å². The average molecular weight is 479 g/mol. The predicted octanol–water partition coefficient (Wildman–Crippen LogP) is 4.14. The molecule has 1 aliphatic heterocycles. The van der Waals surface area contributed by atoms with E-state index in [9.17, 15) is 14.7 Å². The number of rotatable bonds is 7. The molecule has 0 saturated carbocycles. The van der Waals surface area contributed by atoms with Gasteiger partial charge >= 0.3 is 0 Å². The number of hydrogen-bond donors (Lipinski definition) is 1. The van der Waals surface area contributed by atoms with Gasteiger partial charge in [-0.15, -0.1) is 0 Å². The largest absolute Gasteiger partial charge is 0.507 e. The first-order valence-corrected chi connectivity index (χ1v) is 10.5. The quantitative estimate of drug-likeness (QED) is 0.366. The van der Waals surface area contributed by atoms with Crippen LogP contribution < -0.4 is 9.64 Å². The van der Waals surface area contributed by atoms with Crippen LogP contribution in [0.15, 0.2) is 42.0 Å². The van der Waals surface area contributed by atoms with Crippen LogP contribution in [0, 0.1) is 0 Å². The van der Waals surface area contributed by atoms with Crippen molar-refractivity contribution in [1.82, 2.24) is 4.90 Å². The maximum Gasteiger partial charge on any atom is 0.295 e. The van der Waals surface area contributed by atoms with Crippen molar-refractivity contribution in [2.75, 3.05) is 46.4 Å². The van der Waals surface area contributed by atoms with Gasteiger partial charge in [-0.05, 0) is 29.8 Å². The van der Waals surface area contributed by atoms with Gasteiger partial charge in [0.25, 0.3) is 11.7 Å². The van der Waals surface area contributed by atoms with Crippen molar-refractivity contribution in [1.29, 1.82) is 0 Å². The lowest BCUT2D eigenvalue weighted by molar-refractivity contribution is -0.140. The Morgan fingerprint density at radius 1 is 1.09 bits per heavy atom. The highest BCUT2D eigenvalue weighted by Gasteiger charge is 2.46. The molecule has 32 heavy (non-hydrogen) atoms. The van der Waals surface area contributed by atoms with E-state index in [-0.39, 0.29) is 45.8 Å². The third-order valence-corrected chi connectivity index (χ3v) is 5.84. The van der Waals surface area contributed by atoms with Gasteiger partial charge in [0.15, 0.2) is 5.75 Å². The summed E-state index contributed by atoms with van der Waals surface area (Å²) in [6.45, 7) is 0.418. The molecule has 1 aliphatic rings. The van der Waals surface area contributed by atoms with E-state index in [1.807, 2.05) is 43.3 Å². The SMILES string of the molecule is COCCN1C(=O)C(=O)/C(=C(/O)c2cc(Cl)c(OC)c(Cl)c2)C1c1ccc(N(C)C)cc1. The monoisotopic (exact) mass is 478 g/mol. The summed E-state index contributed by atoms with van der Waals surface area (Å²) in [6, 6.07) is 9.51. The molecule has 2 aromatic rings. The zero-order valence-electron chi connectivity index (χ0n) is 18.2. The van der Waals surface area contributed by atoms with Gasteiger partial charge in [0, 0.05) is 39.0 Å². The molecular formula is C23H24Cl2N2O5. The molecule has 3 rings (SSSR count). The van der Waals surface area contributed by atoms with Crippen molar-refractivity contribution < 1.29 is 24.2 Å². The second-order valence-electron chi connectivity index (χ2n) is 7.44. The van der Waals surface area contributed by atoms with E-state index in [0.29, 0.717) is 5.56 Å². The van der Waals surface area contributed by atoms with Gasteiger partial charge in [-0.1, -0.05) is 35.3 Å². The predicted molar refractivity (Wildman–Crippen MR) is 125 cm³/mol. The number of ketones is 1. The third-order valence-electron chi connectivity index (χ3n) is 5.28. The Hall–Kier alpha value is -2.74. The zero-order chi connectivity index (χ0) is 23.6. The van der Waals surface area contributed by atoms with Crippen molar-refractivity contribution in [2.24, 2.45) is 0 Å². The Morgan fingerprint density at radius 2 is 1.69 bits per heavy atom. The number of benzene rings is 2. The molecule has 0 aliphatic carbocycles. The molecule has 170 valence electrons. The molecule has 0 radical (unpaired) electrons. The molecule has 1 unspecified atom stereocenters. The minimum absolute atomic E-state index is 0.0407. The number of carbonyl (C=O) groups excluding carboxylic acids is 2. The van der Waals surface area contributed by atoms with Crippen LogP contribution in [0.25, 0.3) is 5.76 Å². The van der Waals surface area contributed by atoms with Crippen molar-refractivity contribution in [2.45, 2.75) is 6.04 Å². The van der Waals surface area contributed by atoms with E-state index < -0.39 is 17.7 Å². The molecule has 1 N–H and O–H groups in total. The Morgan fingerprint density at radius 3 is 2.19 bits per heavy atom. The fourth-order valence-corrected chi connectivity index (χ4v) is 4.29. The molecule has 7 nitrogen and oxygen atoms in total. The minimum Gasteiger partial charge on any atom is -0.507 e. The highest BCUT2D eigenvalue weighted by atomic mass is 35.5. The number of hydrogen-bond acceptors (Lipinski definition) is 6. The first-order valence-electron chi connectivity index (χ1n) is 9.79. The van der Waals surface area contributed by atoms with E-state index >= 15 is 0 Å². The molecule has 1 amide bonds. The molecule has 1 saturated heterocycles. The fraction of sp³-hybridized carbons (Fsp3) is 0.304. The Kier molecular flexibility index (Phi) is 7.33. The first kappa shape index (κ1) is 23.9. The van der Waals surface area contributed by atoms with Crippen molar-refractivity contribution >= 4 is 46.3 Å². The van der Waals surface area contributed by atoms with Crippen LogP contribution in [0.2, 0.25) is 10.0 Å². The molecule has 0 spiro atoms. The smallest absolute Gasteiger partial charge is 0.295 e. The van der Waals surface area contributed by atoms with Gasteiger partial charge in [0.2, 0.25) is 0 Å². The van der Waals surface area contributed by atoms with Crippen molar-refractivity contribution in [3.8, 4) is 5.75 Å². The Bertz CT molecular complexity index is 1040. The summed E-state index contributed by atoms with van der Waals surface area (Å²) in [5.74, 6) is -1.61. The lowest BCUT2D eigenvalue weighted by atomic mass is 9.95. The number of carbonyl (C=O) groups is 2. The summed E-state index contributed by atoms with van der Waals surface area (Å²) < 4.78 is 10.3. The summed E-state index contributed by atoms with van der Waals surface area (Å²) >= 11 is 12.4. The van der Waals surface area contributed by atoms with E-state index in [2.05, 4.69) is 0 Å². The van der Waals surface area contributed by atoms with Crippen molar-refractivity contribution in [3.63, 3.8) is 0 Å². The maximum absolute atomic E-state index is 13.0. The van der Waals surface area contributed by atoms with E-state index in [4.69, 9.17) is 32.7 Å². The second kappa shape index (κ2) is 9.81. The number of halogens is 2. The number of Topliss-reactive ketones (excluding diaryl/α,β-unsaturated/α-hetero) is 1. The van der Waals surface area contributed by atoms with Crippen LogP contribution in [-0.4, -0.2) is 63.2 Å². The molecule has 1 fully saturated rings. The van der Waals surface area contributed by atoms with Crippen LogP contribution in [-0.2, 0) is 14.3 Å². The average Bonchev–Trinajstić information content (AvgIpc) is 3.01. The van der Waals surface area contributed by atoms with Gasteiger partial charge in [0.1, 0.15) is 5.76 Å². The van der Waals surface area contributed by atoms with Gasteiger partial charge in [0.05, 0.1) is 35.4 Å². The summed E-state index contributed by atoms with van der Waals surface area (Å²) in [4.78, 5) is 29.2. The van der Waals surface area contributed by atoms with E-state index in [1.165, 1.54) is 31.3 Å². The van der Waals surface area contributed by atoms with Crippen LogP contribution in [0.5, 0.6) is 5.75 Å². The summed E-state index contributed by atoms with van der Waals surface area (Å²) in [5, 5.41) is 11.5. The molecule has 9 heteroatoms. The standard InChI is InChI=1S/C23H24Cl2N2O5/c1-26(2)15-7-5-13(6-8-15)19-18(21(29)23(30)27(19)9-10-31-3)20(28)14-11-16(24)22(32-4)17(25)12-14/h5-8,11-12,19,28H,9-10H2,1-4H3/b20-18+. The van der Waals surface area contributed by atoms with Crippen molar-refractivity contribution in [3.05, 3.63) is 63.1 Å². The number of aliphatic hydroxyl groups excluding tert-OH is 1. The first-order chi connectivity index (χ1) is 15.2. The molecule has 2 aromatic carbocycles. The molecule has 1 heterocycles. The Balaban J connectivity index is 2.18. The maximum atomic E-state index is 13.0. The van der Waals surface area contributed by atoms with Gasteiger partial charge in [-0.2, -0.15) is 0 Å². The van der Waals surface area contributed by atoms with E-state index in [1.54, 1.807) is 0 Å². The second-order valence-corrected chi connectivity index (χ2v) is 8.26. The molecular weight excluding hydrogens is 455 g/mol. The summed E-state index contributed by atoms with van der Waals surface area (Å²) in [7, 11) is 6.76. The number of anilines is 1. The lowest BCUT2D eigenvalue weighted by Crippen LogP contribution is -2.32. The highest BCUT2D eigenvalue weighted by Crippen LogP contribution is 2.42. The molecule has 1 atom stereocenters. The summed E-state index contributed by atoms with van der Waals surface area (Å²) in [6.07, 6.45) is 0. The van der Waals surface area contributed by atoms with Crippen LogP contribution in [0.1, 0.15) is 17.2 Å². The molecule has 0 bridgehead atoms. The van der Waals surface area contributed by atoms with Gasteiger partial charge < -0.3 is 24.4 Å². The molecule has 0 aromatic heterocycles. The number of ether oxygens (including phenoxy) is 2.